The van der Waals surface area contributed by atoms with E-state index in [2.05, 4.69) is 90.5 Å². The first kappa shape index (κ1) is 28.2. The van der Waals surface area contributed by atoms with E-state index in [1.165, 1.54) is 11.1 Å². The summed E-state index contributed by atoms with van der Waals surface area (Å²) in [7, 11) is 0. The van der Waals surface area contributed by atoms with Crippen molar-refractivity contribution in [1.29, 1.82) is 0 Å². The van der Waals surface area contributed by atoms with Crippen molar-refractivity contribution < 1.29 is 24.5 Å². The molecule has 3 aromatic heterocycles. The van der Waals surface area contributed by atoms with Crippen LogP contribution in [0.15, 0.2) is 138 Å². The molecule has 3 nitrogen and oxygen atoms in total. The molecular formula is C37H28IrN2O-2. The van der Waals surface area contributed by atoms with Crippen LogP contribution in [0.5, 0.6) is 0 Å². The van der Waals surface area contributed by atoms with Gasteiger partial charge in [-0.15, -0.1) is 54.1 Å². The Morgan fingerprint density at radius 2 is 1.32 bits per heavy atom. The molecule has 0 aliphatic rings. The molecule has 0 N–H and O–H groups in total. The number of aromatic nitrogens is 2. The number of nitrogens with zero attached hydrogens (tertiary/aromatic N) is 2. The van der Waals surface area contributed by atoms with Gasteiger partial charge in [0, 0.05) is 43.3 Å². The Hall–Kier alpha value is -4.37. The number of fused-ring (bicyclic) bond motifs is 3. The average molecular weight is 709 g/mol. The Balaban J connectivity index is 0.000000218. The van der Waals surface area contributed by atoms with E-state index >= 15 is 0 Å². The second-order valence-corrected chi connectivity index (χ2v) is 10.1. The van der Waals surface area contributed by atoms with Crippen molar-refractivity contribution in [2.45, 2.75) is 19.3 Å². The van der Waals surface area contributed by atoms with Gasteiger partial charge in [-0.05, 0) is 40.7 Å². The van der Waals surface area contributed by atoms with E-state index in [0.29, 0.717) is 0 Å². The molecule has 0 unspecified atom stereocenters. The molecule has 7 rings (SSSR count). The van der Waals surface area contributed by atoms with Gasteiger partial charge >= 0.3 is 0 Å². The Kier molecular flexibility index (Phi) is 8.54. The van der Waals surface area contributed by atoms with E-state index in [0.717, 1.165) is 44.5 Å². The minimum atomic E-state index is -0.107. The normalized spacial score (nSPS) is 11.0. The molecule has 0 amide bonds. The molecule has 4 aromatic carbocycles. The summed E-state index contributed by atoms with van der Waals surface area (Å²) in [5, 5.41) is 2.22. The molecule has 0 saturated carbocycles. The van der Waals surface area contributed by atoms with Crippen molar-refractivity contribution >= 4 is 21.9 Å². The minimum absolute atomic E-state index is 0. The van der Waals surface area contributed by atoms with Crippen molar-refractivity contribution in [2.24, 2.45) is 0 Å². The SMILES string of the molecule is CC(C)(c1ccccc1)c1ccc2c(c1)oc1c(-c3ccccn3)[c-]ccc12.[Ir].[c-]1ccccc1-c1ccccn1. The number of rotatable bonds is 4. The molecular weight excluding hydrogens is 681 g/mol. The monoisotopic (exact) mass is 709 g/mol. The summed E-state index contributed by atoms with van der Waals surface area (Å²) in [5.41, 5.74) is 7.93. The molecule has 0 spiro atoms. The Morgan fingerprint density at radius 3 is 2.00 bits per heavy atom. The molecule has 0 bridgehead atoms. The molecule has 0 atom stereocenters. The van der Waals surface area contributed by atoms with Gasteiger partial charge in [-0.3, -0.25) is 0 Å². The van der Waals surface area contributed by atoms with E-state index in [-0.39, 0.29) is 25.5 Å². The molecule has 203 valence electrons. The van der Waals surface area contributed by atoms with Gasteiger partial charge in [-0.1, -0.05) is 91.5 Å². The van der Waals surface area contributed by atoms with Crippen LogP contribution in [0.1, 0.15) is 25.0 Å². The molecule has 0 aliphatic carbocycles. The summed E-state index contributed by atoms with van der Waals surface area (Å²) < 4.78 is 6.34. The van der Waals surface area contributed by atoms with E-state index in [9.17, 15) is 0 Å². The maximum absolute atomic E-state index is 6.34. The molecule has 0 fully saturated rings. The van der Waals surface area contributed by atoms with E-state index in [4.69, 9.17) is 4.42 Å². The van der Waals surface area contributed by atoms with Gasteiger partial charge in [0.1, 0.15) is 5.58 Å². The Bertz CT molecular complexity index is 1810. The van der Waals surface area contributed by atoms with Crippen molar-refractivity contribution in [3.63, 3.8) is 0 Å². The van der Waals surface area contributed by atoms with Crippen LogP contribution in [0.3, 0.4) is 0 Å². The fraction of sp³-hybridized carbons (Fsp3) is 0.0811. The van der Waals surface area contributed by atoms with Crippen LogP contribution in [-0.2, 0) is 25.5 Å². The maximum Gasteiger partial charge on any atom is 0.121 e. The van der Waals surface area contributed by atoms with Crippen LogP contribution in [0.2, 0.25) is 0 Å². The van der Waals surface area contributed by atoms with Crippen LogP contribution < -0.4 is 0 Å². The summed E-state index contributed by atoms with van der Waals surface area (Å²) in [6.07, 6.45) is 3.58. The van der Waals surface area contributed by atoms with Gasteiger partial charge in [-0.25, -0.2) is 0 Å². The van der Waals surface area contributed by atoms with Crippen molar-refractivity contribution in [1.82, 2.24) is 9.97 Å². The second-order valence-electron chi connectivity index (χ2n) is 10.1. The van der Waals surface area contributed by atoms with Gasteiger partial charge < -0.3 is 14.4 Å². The van der Waals surface area contributed by atoms with Crippen LogP contribution in [0.4, 0.5) is 0 Å². The van der Waals surface area contributed by atoms with Crippen molar-refractivity contribution in [3.05, 3.63) is 157 Å². The summed E-state index contributed by atoms with van der Waals surface area (Å²) in [6.45, 7) is 4.50. The molecule has 3 heterocycles. The molecule has 4 heteroatoms. The third-order valence-corrected chi connectivity index (χ3v) is 7.22. The largest absolute Gasteiger partial charge is 0.501 e. The summed E-state index contributed by atoms with van der Waals surface area (Å²) in [6, 6.07) is 47.2. The predicted molar refractivity (Wildman–Crippen MR) is 163 cm³/mol. The number of hydrogen-bond acceptors (Lipinski definition) is 3. The minimum Gasteiger partial charge on any atom is -0.501 e. The summed E-state index contributed by atoms with van der Waals surface area (Å²) >= 11 is 0. The standard InChI is InChI=1S/C26H20NO.C11H8N.Ir/c1-26(2,18-9-4-3-5-10-18)19-14-15-20-21-11-8-12-22(23-13-6-7-16-27-23)25(21)28-24(20)17-19;1-2-6-10(7-3-1)11-8-4-5-9-12-11;/h3-11,13-17H,1-2H3;1-6,8-9H;/q2*-1;. The molecule has 0 aliphatic heterocycles. The number of benzene rings is 4. The fourth-order valence-corrected chi connectivity index (χ4v) is 4.93. The first-order valence-corrected chi connectivity index (χ1v) is 13.3. The van der Waals surface area contributed by atoms with Crippen LogP contribution in [0.25, 0.3) is 44.5 Å². The third kappa shape index (κ3) is 5.90. The van der Waals surface area contributed by atoms with Crippen molar-refractivity contribution in [2.75, 3.05) is 0 Å². The zero-order valence-corrected chi connectivity index (χ0v) is 25.2. The summed E-state index contributed by atoms with van der Waals surface area (Å²) in [5.74, 6) is 0. The smallest absolute Gasteiger partial charge is 0.121 e. The quantitative estimate of drug-likeness (QED) is 0.171. The summed E-state index contributed by atoms with van der Waals surface area (Å²) in [4.78, 5) is 8.69. The van der Waals surface area contributed by atoms with Gasteiger partial charge in [0.2, 0.25) is 0 Å². The van der Waals surface area contributed by atoms with Gasteiger partial charge in [0.15, 0.2) is 0 Å². The van der Waals surface area contributed by atoms with Gasteiger partial charge in [0.25, 0.3) is 0 Å². The zero-order chi connectivity index (χ0) is 27.4. The first-order chi connectivity index (χ1) is 19.6. The van der Waals surface area contributed by atoms with Gasteiger partial charge in [-0.2, -0.15) is 0 Å². The van der Waals surface area contributed by atoms with Crippen LogP contribution in [0, 0.1) is 12.1 Å². The Morgan fingerprint density at radius 1 is 0.610 bits per heavy atom. The molecule has 41 heavy (non-hydrogen) atoms. The van der Waals surface area contributed by atoms with Gasteiger partial charge in [0.05, 0.1) is 5.58 Å². The third-order valence-electron chi connectivity index (χ3n) is 7.22. The van der Waals surface area contributed by atoms with Crippen LogP contribution in [-0.4, -0.2) is 9.97 Å². The van der Waals surface area contributed by atoms with E-state index < -0.39 is 0 Å². The van der Waals surface area contributed by atoms with E-state index in [1.807, 2.05) is 66.7 Å². The zero-order valence-electron chi connectivity index (χ0n) is 22.8. The van der Waals surface area contributed by atoms with E-state index in [1.54, 1.807) is 12.4 Å². The predicted octanol–water partition coefficient (Wildman–Crippen LogP) is 9.32. The first-order valence-electron chi connectivity index (χ1n) is 13.3. The topological polar surface area (TPSA) is 38.9 Å². The fourth-order valence-electron chi connectivity index (χ4n) is 4.93. The van der Waals surface area contributed by atoms with Crippen LogP contribution >= 0.6 is 0 Å². The second kappa shape index (κ2) is 12.4. The Labute approximate surface area is 254 Å². The average Bonchev–Trinajstić information content (AvgIpc) is 3.41. The number of pyridine rings is 2. The number of hydrogen-bond donors (Lipinski definition) is 0. The molecule has 7 aromatic rings. The van der Waals surface area contributed by atoms with Crippen molar-refractivity contribution in [3.8, 4) is 22.5 Å². The number of furan rings is 1. The maximum atomic E-state index is 6.34. The molecule has 0 saturated heterocycles. The molecule has 1 radical (unpaired) electrons.